The second-order valence-electron chi connectivity index (χ2n) is 5.04. The van der Waals surface area contributed by atoms with Crippen molar-refractivity contribution in [1.82, 2.24) is 15.1 Å². The summed E-state index contributed by atoms with van der Waals surface area (Å²) in [5.41, 5.74) is -0.217. The van der Waals surface area contributed by atoms with E-state index in [9.17, 15) is 5.11 Å². The van der Waals surface area contributed by atoms with Crippen molar-refractivity contribution in [2.45, 2.75) is 51.7 Å². The third kappa shape index (κ3) is 5.06. The minimum absolute atomic E-state index is 0.144. The first-order chi connectivity index (χ1) is 7.95. The molecule has 0 spiro atoms. The molecule has 4 nitrogen and oxygen atoms in total. The molecule has 0 saturated carbocycles. The average molecular weight is 260 g/mol. The number of rotatable bonds is 7. The van der Waals surface area contributed by atoms with Crippen LogP contribution in [-0.2, 0) is 6.54 Å². The molecular formula is C12H22ClN3O. The number of aryl methyl sites for hydroxylation is 1. The van der Waals surface area contributed by atoms with E-state index in [1.807, 2.05) is 17.8 Å². The monoisotopic (exact) mass is 259 g/mol. The lowest BCUT2D eigenvalue weighted by Gasteiger charge is -2.31. The molecule has 1 rings (SSSR count). The van der Waals surface area contributed by atoms with Gasteiger partial charge in [-0.3, -0.25) is 4.68 Å². The SMILES string of the molecule is CC(C)NC(C)(CO)CCCn1cc(Cl)cn1. The molecule has 0 aromatic carbocycles. The summed E-state index contributed by atoms with van der Waals surface area (Å²) in [6, 6.07) is 0.367. The van der Waals surface area contributed by atoms with E-state index in [2.05, 4.69) is 24.3 Å². The van der Waals surface area contributed by atoms with Crippen molar-refractivity contribution in [2.75, 3.05) is 6.61 Å². The zero-order chi connectivity index (χ0) is 12.9. The van der Waals surface area contributed by atoms with Crippen LogP contribution in [0.15, 0.2) is 12.4 Å². The molecule has 1 unspecified atom stereocenters. The zero-order valence-corrected chi connectivity index (χ0v) is 11.5. The number of aliphatic hydroxyl groups is 1. The number of aliphatic hydroxyl groups excluding tert-OH is 1. The van der Waals surface area contributed by atoms with Crippen LogP contribution in [0.5, 0.6) is 0 Å². The van der Waals surface area contributed by atoms with Crippen LogP contribution in [0.25, 0.3) is 0 Å². The Labute approximate surface area is 108 Å². The molecule has 0 bridgehead atoms. The average Bonchev–Trinajstić information content (AvgIpc) is 2.63. The lowest BCUT2D eigenvalue weighted by atomic mass is 9.96. The molecule has 0 aliphatic carbocycles. The zero-order valence-electron chi connectivity index (χ0n) is 10.8. The quantitative estimate of drug-likeness (QED) is 0.788. The van der Waals surface area contributed by atoms with Crippen molar-refractivity contribution in [3.05, 3.63) is 17.4 Å². The Morgan fingerprint density at radius 3 is 2.76 bits per heavy atom. The van der Waals surface area contributed by atoms with E-state index in [1.54, 1.807) is 6.20 Å². The molecule has 1 aromatic heterocycles. The van der Waals surface area contributed by atoms with Gasteiger partial charge in [0.25, 0.3) is 0 Å². The van der Waals surface area contributed by atoms with Crippen LogP contribution < -0.4 is 5.32 Å². The number of hydrogen-bond donors (Lipinski definition) is 2. The summed E-state index contributed by atoms with van der Waals surface area (Å²) < 4.78 is 1.83. The first-order valence-corrected chi connectivity index (χ1v) is 6.39. The van der Waals surface area contributed by atoms with E-state index in [1.165, 1.54) is 0 Å². The summed E-state index contributed by atoms with van der Waals surface area (Å²) in [6.07, 6.45) is 5.31. The highest BCUT2D eigenvalue weighted by Crippen LogP contribution is 2.14. The fourth-order valence-electron chi connectivity index (χ4n) is 1.99. The standard InChI is InChI=1S/C12H22ClN3O/c1-10(2)15-12(3,9-17)5-4-6-16-8-11(13)7-14-16/h7-8,10,15,17H,4-6,9H2,1-3H3. The molecule has 0 aliphatic heterocycles. The Kier molecular flexibility index (Phi) is 5.43. The molecule has 1 atom stereocenters. The minimum Gasteiger partial charge on any atom is -0.394 e. The molecule has 1 aromatic rings. The van der Waals surface area contributed by atoms with Gasteiger partial charge in [-0.15, -0.1) is 0 Å². The highest BCUT2D eigenvalue weighted by molar-refractivity contribution is 6.30. The maximum absolute atomic E-state index is 9.43. The van der Waals surface area contributed by atoms with Gasteiger partial charge in [-0.1, -0.05) is 25.4 Å². The molecule has 98 valence electrons. The smallest absolute Gasteiger partial charge is 0.0785 e. The number of halogens is 1. The van der Waals surface area contributed by atoms with Gasteiger partial charge >= 0.3 is 0 Å². The summed E-state index contributed by atoms with van der Waals surface area (Å²) in [6.45, 7) is 7.18. The first kappa shape index (κ1) is 14.5. The Balaban J connectivity index is 2.37. The normalized spacial score (nSPS) is 15.2. The first-order valence-electron chi connectivity index (χ1n) is 6.02. The van der Waals surface area contributed by atoms with E-state index in [4.69, 9.17) is 11.6 Å². The van der Waals surface area contributed by atoms with Crippen LogP contribution in [0.2, 0.25) is 5.02 Å². The van der Waals surface area contributed by atoms with Gasteiger partial charge in [-0.2, -0.15) is 5.10 Å². The van der Waals surface area contributed by atoms with Crippen molar-refractivity contribution in [1.29, 1.82) is 0 Å². The number of nitrogens with one attached hydrogen (secondary N) is 1. The fraction of sp³-hybridized carbons (Fsp3) is 0.750. The highest BCUT2D eigenvalue weighted by atomic mass is 35.5. The maximum Gasteiger partial charge on any atom is 0.0785 e. The molecule has 5 heteroatoms. The summed E-state index contributed by atoms with van der Waals surface area (Å²) in [5.74, 6) is 0. The summed E-state index contributed by atoms with van der Waals surface area (Å²) in [7, 11) is 0. The van der Waals surface area contributed by atoms with Crippen LogP contribution in [0.1, 0.15) is 33.6 Å². The van der Waals surface area contributed by atoms with Gasteiger partial charge in [-0.25, -0.2) is 0 Å². The third-order valence-electron chi connectivity index (χ3n) is 2.70. The Morgan fingerprint density at radius 2 is 2.29 bits per heavy atom. The Morgan fingerprint density at radius 1 is 1.59 bits per heavy atom. The molecule has 0 amide bonds. The Hall–Kier alpha value is -0.580. The van der Waals surface area contributed by atoms with E-state index in [0.717, 1.165) is 19.4 Å². The van der Waals surface area contributed by atoms with Crippen molar-refractivity contribution >= 4 is 11.6 Å². The molecular weight excluding hydrogens is 238 g/mol. The predicted octanol–water partition coefficient (Wildman–Crippen LogP) is 2.07. The minimum atomic E-state index is -0.217. The summed E-state index contributed by atoms with van der Waals surface area (Å²) >= 11 is 5.79. The Bertz CT molecular complexity index is 340. The van der Waals surface area contributed by atoms with Gasteiger partial charge in [0.15, 0.2) is 0 Å². The largest absolute Gasteiger partial charge is 0.394 e. The van der Waals surface area contributed by atoms with Crippen LogP contribution in [-0.4, -0.2) is 33.1 Å². The van der Waals surface area contributed by atoms with Gasteiger partial charge in [0.05, 0.1) is 17.8 Å². The van der Waals surface area contributed by atoms with E-state index >= 15 is 0 Å². The van der Waals surface area contributed by atoms with Crippen molar-refractivity contribution in [3.63, 3.8) is 0 Å². The molecule has 1 heterocycles. The van der Waals surface area contributed by atoms with Crippen LogP contribution in [0.3, 0.4) is 0 Å². The lowest BCUT2D eigenvalue weighted by molar-refractivity contribution is 0.153. The lowest BCUT2D eigenvalue weighted by Crippen LogP contribution is -2.49. The molecule has 0 radical (unpaired) electrons. The van der Waals surface area contributed by atoms with Crippen molar-refractivity contribution in [3.8, 4) is 0 Å². The fourth-order valence-corrected chi connectivity index (χ4v) is 2.14. The molecule has 0 saturated heterocycles. The highest BCUT2D eigenvalue weighted by Gasteiger charge is 2.23. The van der Waals surface area contributed by atoms with E-state index < -0.39 is 0 Å². The number of nitrogens with zero attached hydrogens (tertiary/aromatic N) is 2. The predicted molar refractivity (Wildman–Crippen MR) is 70.2 cm³/mol. The van der Waals surface area contributed by atoms with Crippen molar-refractivity contribution < 1.29 is 5.11 Å². The van der Waals surface area contributed by atoms with Gasteiger partial charge in [0.2, 0.25) is 0 Å². The van der Waals surface area contributed by atoms with Crippen LogP contribution in [0, 0.1) is 0 Å². The molecule has 0 fully saturated rings. The van der Waals surface area contributed by atoms with Gasteiger partial charge in [-0.05, 0) is 19.8 Å². The van der Waals surface area contributed by atoms with Gasteiger partial charge in [0, 0.05) is 24.3 Å². The maximum atomic E-state index is 9.43. The number of hydrogen-bond acceptors (Lipinski definition) is 3. The van der Waals surface area contributed by atoms with E-state index in [0.29, 0.717) is 11.1 Å². The second kappa shape index (κ2) is 6.38. The van der Waals surface area contributed by atoms with Crippen LogP contribution in [0.4, 0.5) is 0 Å². The summed E-state index contributed by atoms with van der Waals surface area (Å²) in [4.78, 5) is 0. The van der Waals surface area contributed by atoms with E-state index in [-0.39, 0.29) is 12.1 Å². The topological polar surface area (TPSA) is 50.1 Å². The summed E-state index contributed by atoms with van der Waals surface area (Å²) in [5, 5.41) is 17.6. The van der Waals surface area contributed by atoms with Gasteiger partial charge < -0.3 is 10.4 Å². The number of aromatic nitrogens is 2. The second-order valence-corrected chi connectivity index (χ2v) is 5.48. The molecule has 0 aliphatic rings. The molecule has 17 heavy (non-hydrogen) atoms. The van der Waals surface area contributed by atoms with Crippen molar-refractivity contribution in [2.24, 2.45) is 0 Å². The van der Waals surface area contributed by atoms with Crippen LogP contribution >= 0.6 is 11.6 Å². The van der Waals surface area contributed by atoms with Gasteiger partial charge in [0.1, 0.15) is 0 Å². The third-order valence-corrected chi connectivity index (χ3v) is 2.90. The molecule has 2 N–H and O–H groups in total.